The minimum absolute atomic E-state index is 0.209. The smallest absolute Gasteiger partial charge is 0.316 e. The minimum atomic E-state index is -4.26. The SMILES string of the molecule is CNCc1ccc(CS(=O)(=O)NCCCC(F)(F)F)cc1. The molecule has 1 rings (SSSR count). The highest BCUT2D eigenvalue weighted by Crippen LogP contribution is 2.20. The van der Waals surface area contributed by atoms with Gasteiger partial charge in [0.15, 0.2) is 0 Å². The molecule has 0 amide bonds. The third-order valence-electron chi connectivity index (χ3n) is 2.72. The summed E-state index contributed by atoms with van der Waals surface area (Å²) in [5.74, 6) is -0.237. The second kappa shape index (κ2) is 7.77. The van der Waals surface area contributed by atoms with Crippen molar-refractivity contribution in [2.45, 2.75) is 31.3 Å². The fourth-order valence-electron chi connectivity index (χ4n) is 1.74. The third kappa shape index (κ3) is 8.03. The van der Waals surface area contributed by atoms with Gasteiger partial charge in [-0.05, 0) is 24.6 Å². The van der Waals surface area contributed by atoms with E-state index in [1.807, 2.05) is 19.2 Å². The van der Waals surface area contributed by atoms with Crippen molar-refractivity contribution in [3.63, 3.8) is 0 Å². The number of halogens is 3. The molecule has 0 aliphatic carbocycles. The van der Waals surface area contributed by atoms with Crippen LogP contribution in [0.15, 0.2) is 24.3 Å². The first-order valence-corrected chi connectivity index (χ1v) is 8.13. The van der Waals surface area contributed by atoms with Gasteiger partial charge < -0.3 is 5.32 Å². The lowest BCUT2D eigenvalue weighted by molar-refractivity contribution is -0.135. The van der Waals surface area contributed by atoms with Crippen molar-refractivity contribution in [3.8, 4) is 0 Å². The molecule has 120 valence electrons. The molecule has 1 aromatic carbocycles. The van der Waals surface area contributed by atoms with E-state index < -0.39 is 22.6 Å². The molecule has 0 radical (unpaired) electrons. The second-order valence-corrected chi connectivity index (χ2v) is 6.53. The van der Waals surface area contributed by atoms with E-state index in [-0.39, 0.29) is 18.7 Å². The first-order valence-electron chi connectivity index (χ1n) is 6.48. The van der Waals surface area contributed by atoms with Gasteiger partial charge in [0.2, 0.25) is 10.0 Å². The molecule has 0 atom stereocenters. The topological polar surface area (TPSA) is 58.2 Å². The molecule has 0 aliphatic rings. The lowest BCUT2D eigenvalue weighted by Crippen LogP contribution is -2.27. The van der Waals surface area contributed by atoms with Gasteiger partial charge in [0.25, 0.3) is 0 Å². The molecule has 21 heavy (non-hydrogen) atoms. The Morgan fingerprint density at radius 2 is 1.67 bits per heavy atom. The maximum Gasteiger partial charge on any atom is 0.389 e. The molecule has 8 heteroatoms. The predicted molar refractivity (Wildman–Crippen MR) is 75.1 cm³/mol. The van der Waals surface area contributed by atoms with Crippen LogP contribution in [0.3, 0.4) is 0 Å². The number of benzene rings is 1. The van der Waals surface area contributed by atoms with Crippen LogP contribution in [-0.4, -0.2) is 28.2 Å². The highest BCUT2D eigenvalue weighted by atomic mass is 32.2. The molecule has 0 heterocycles. The molecule has 4 nitrogen and oxygen atoms in total. The Hall–Kier alpha value is -1.12. The van der Waals surface area contributed by atoms with Gasteiger partial charge >= 0.3 is 6.18 Å². The second-order valence-electron chi connectivity index (χ2n) is 4.72. The lowest BCUT2D eigenvalue weighted by Gasteiger charge is -2.09. The summed E-state index contributed by atoms with van der Waals surface area (Å²) in [6.07, 6.45) is -5.51. The van der Waals surface area contributed by atoms with E-state index >= 15 is 0 Å². The molecule has 0 unspecified atom stereocenters. The monoisotopic (exact) mass is 324 g/mol. The highest BCUT2D eigenvalue weighted by molar-refractivity contribution is 7.88. The minimum Gasteiger partial charge on any atom is -0.316 e. The molecule has 0 spiro atoms. The predicted octanol–water partition coefficient (Wildman–Crippen LogP) is 2.17. The van der Waals surface area contributed by atoms with Gasteiger partial charge in [0, 0.05) is 19.5 Å². The quantitative estimate of drug-likeness (QED) is 0.721. The molecule has 0 aliphatic heterocycles. The van der Waals surface area contributed by atoms with Gasteiger partial charge in [-0.2, -0.15) is 13.2 Å². The zero-order valence-corrected chi connectivity index (χ0v) is 12.5. The average molecular weight is 324 g/mol. The van der Waals surface area contributed by atoms with Crippen LogP contribution in [0.2, 0.25) is 0 Å². The summed E-state index contributed by atoms with van der Waals surface area (Å²) < 4.78 is 61.5. The number of hydrogen-bond acceptors (Lipinski definition) is 3. The Labute approximate surface area is 122 Å². The van der Waals surface area contributed by atoms with Gasteiger partial charge in [-0.1, -0.05) is 24.3 Å². The maximum absolute atomic E-state index is 11.9. The van der Waals surface area contributed by atoms with E-state index in [0.29, 0.717) is 12.1 Å². The van der Waals surface area contributed by atoms with E-state index in [0.717, 1.165) is 5.56 Å². The average Bonchev–Trinajstić information content (AvgIpc) is 2.36. The van der Waals surface area contributed by atoms with Crippen LogP contribution in [0.25, 0.3) is 0 Å². The molecule has 0 fully saturated rings. The van der Waals surface area contributed by atoms with Crippen LogP contribution >= 0.6 is 0 Å². The number of alkyl halides is 3. The van der Waals surface area contributed by atoms with Crippen molar-refractivity contribution in [1.82, 2.24) is 10.0 Å². The fraction of sp³-hybridized carbons (Fsp3) is 0.538. The van der Waals surface area contributed by atoms with Crippen LogP contribution in [-0.2, 0) is 22.3 Å². The van der Waals surface area contributed by atoms with Crippen molar-refractivity contribution < 1.29 is 21.6 Å². The van der Waals surface area contributed by atoms with E-state index in [9.17, 15) is 21.6 Å². The molecular formula is C13H19F3N2O2S. The van der Waals surface area contributed by atoms with E-state index in [1.54, 1.807) is 12.1 Å². The summed E-state index contributed by atoms with van der Waals surface area (Å²) >= 11 is 0. The standard InChI is InChI=1S/C13H19F3N2O2S/c1-17-9-11-3-5-12(6-4-11)10-21(19,20)18-8-2-7-13(14,15)16/h3-6,17-18H,2,7-10H2,1H3. The Kier molecular flexibility index (Phi) is 6.63. The first kappa shape index (κ1) is 17.9. The van der Waals surface area contributed by atoms with Gasteiger partial charge in [-0.25, -0.2) is 13.1 Å². The largest absolute Gasteiger partial charge is 0.389 e. The Morgan fingerprint density at radius 3 is 2.19 bits per heavy atom. The molecule has 1 aromatic rings. The molecule has 2 N–H and O–H groups in total. The van der Waals surface area contributed by atoms with Crippen LogP contribution < -0.4 is 10.0 Å². The van der Waals surface area contributed by atoms with E-state index in [1.165, 1.54) is 0 Å². The van der Waals surface area contributed by atoms with E-state index in [4.69, 9.17) is 0 Å². The van der Waals surface area contributed by atoms with Crippen molar-refractivity contribution in [2.75, 3.05) is 13.6 Å². The molecule has 0 aromatic heterocycles. The summed E-state index contributed by atoms with van der Waals surface area (Å²) in [6.45, 7) is 0.475. The van der Waals surface area contributed by atoms with Crippen molar-refractivity contribution in [1.29, 1.82) is 0 Å². The summed E-state index contributed by atoms with van der Waals surface area (Å²) in [7, 11) is -1.80. The number of nitrogens with one attached hydrogen (secondary N) is 2. The lowest BCUT2D eigenvalue weighted by atomic mass is 10.1. The van der Waals surface area contributed by atoms with Gasteiger partial charge in [0.1, 0.15) is 0 Å². The summed E-state index contributed by atoms with van der Waals surface area (Å²) in [5.41, 5.74) is 1.62. The van der Waals surface area contributed by atoms with Crippen molar-refractivity contribution >= 4 is 10.0 Å². The van der Waals surface area contributed by atoms with Gasteiger partial charge in [-0.15, -0.1) is 0 Å². The molecule has 0 saturated carbocycles. The summed E-state index contributed by atoms with van der Waals surface area (Å²) in [4.78, 5) is 0. The zero-order valence-electron chi connectivity index (χ0n) is 11.7. The Bertz CT molecular complexity index is 527. The first-order chi connectivity index (χ1) is 9.72. The van der Waals surface area contributed by atoms with Crippen LogP contribution in [0.4, 0.5) is 13.2 Å². The van der Waals surface area contributed by atoms with Crippen molar-refractivity contribution in [2.24, 2.45) is 0 Å². The highest BCUT2D eigenvalue weighted by Gasteiger charge is 2.26. The molecule has 0 saturated heterocycles. The number of sulfonamides is 1. The molecular weight excluding hydrogens is 305 g/mol. The Morgan fingerprint density at radius 1 is 1.10 bits per heavy atom. The van der Waals surface area contributed by atoms with Crippen LogP contribution in [0.5, 0.6) is 0 Å². The Balaban J connectivity index is 2.44. The van der Waals surface area contributed by atoms with Gasteiger partial charge in [0.05, 0.1) is 5.75 Å². The zero-order chi connectivity index (χ0) is 15.9. The number of rotatable bonds is 8. The van der Waals surface area contributed by atoms with Crippen molar-refractivity contribution in [3.05, 3.63) is 35.4 Å². The normalized spacial score (nSPS) is 12.6. The van der Waals surface area contributed by atoms with Gasteiger partial charge in [-0.3, -0.25) is 0 Å². The van der Waals surface area contributed by atoms with E-state index in [2.05, 4.69) is 10.0 Å². The molecule has 0 bridgehead atoms. The summed E-state index contributed by atoms with van der Waals surface area (Å²) in [5, 5.41) is 2.98. The third-order valence-corrected chi connectivity index (χ3v) is 4.08. The maximum atomic E-state index is 11.9. The number of hydrogen-bond donors (Lipinski definition) is 2. The van der Waals surface area contributed by atoms with Crippen LogP contribution in [0.1, 0.15) is 24.0 Å². The summed E-state index contributed by atoms with van der Waals surface area (Å²) in [6, 6.07) is 7.01. The van der Waals surface area contributed by atoms with Crippen LogP contribution in [0, 0.1) is 0 Å². The fourth-order valence-corrected chi connectivity index (χ4v) is 2.93.